The third-order valence-electron chi connectivity index (χ3n) is 13.7. The molecule has 0 fully saturated rings. The number of H-pyrrole nitrogens is 3. The van der Waals surface area contributed by atoms with Crippen LogP contribution in [-0.2, 0) is 25.8 Å². The number of rotatable bonds is 7. The molecular weight excluding hydrogens is 938 g/mol. The van der Waals surface area contributed by atoms with Crippen LogP contribution in [0.2, 0.25) is 0 Å². The average molecular weight is 997 g/mol. The third-order valence-corrected chi connectivity index (χ3v) is 13.7. The molecule has 3 aromatic heterocycles. The zero-order valence-electron chi connectivity index (χ0n) is 40.9. The van der Waals surface area contributed by atoms with Crippen LogP contribution >= 0.6 is 0 Å². The molecule has 9 aromatic rings. The molecule has 3 heterocycles. The van der Waals surface area contributed by atoms with Crippen LogP contribution in [0.1, 0.15) is 115 Å². The molecule has 0 amide bonds. The van der Waals surface area contributed by atoms with Crippen molar-refractivity contribution in [3.05, 3.63) is 177 Å². The lowest BCUT2D eigenvalue weighted by molar-refractivity contribution is 0.0974. The number of hydrogen-bond acceptors (Lipinski definition) is 7. The first-order chi connectivity index (χ1) is 35.5. The number of aliphatic imine (C=N–C) groups is 1. The maximum absolute atomic E-state index is 13.9. The van der Waals surface area contributed by atoms with Crippen LogP contribution in [-0.4, -0.2) is 65.9 Å². The van der Waals surface area contributed by atoms with Crippen molar-refractivity contribution in [2.24, 2.45) is 10.7 Å². The minimum Gasteiger partial charge on any atom is -0.354 e. The highest BCUT2D eigenvalue weighted by Gasteiger charge is 2.26. The lowest BCUT2D eigenvalue weighted by Gasteiger charge is -2.05. The van der Waals surface area contributed by atoms with Crippen molar-refractivity contribution in [1.29, 1.82) is 0 Å². The number of nitrogens with one attached hydrogen (secondary N) is 4. The predicted molar refractivity (Wildman–Crippen MR) is 291 cm³/mol. The molecule has 0 bridgehead atoms. The van der Waals surface area contributed by atoms with Crippen molar-refractivity contribution in [3.8, 4) is 33.8 Å². The molecule has 0 aliphatic heterocycles. The van der Waals surface area contributed by atoms with E-state index in [1.54, 1.807) is 25.4 Å². The van der Waals surface area contributed by atoms with Crippen molar-refractivity contribution in [2.45, 2.75) is 71.8 Å². The Morgan fingerprint density at radius 1 is 0.527 bits per heavy atom. The Hall–Kier alpha value is -8.00. The Morgan fingerprint density at radius 3 is 1.19 bits per heavy atom. The van der Waals surface area contributed by atoms with E-state index >= 15 is 0 Å². The van der Waals surface area contributed by atoms with Crippen LogP contribution in [0.25, 0.3) is 66.5 Å². The van der Waals surface area contributed by atoms with Crippen LogP contribution in [0.5, 0.6) is 0 Å². The molecule has 10 nitrogen and oxygen atoms in total. The zero-order chi connectivity index (χ0) is 51.3. The number of aromatic nitrogens is 3. The van der Waals surface area contributed by atoms with Gasteiger partial charge in [0.2, 0.25) is 0 Å². The first-order valence-electron chi connectivity index (χ1n) is 24.5. The summed E-state index contributed by atoms with van der Waals surface area (Å²) < 4.78 is 41.7. The Bertz CT molecular complexity index is 3590. The molecule has 0 spiro atoms. The van der Waals surface area contributed by atoms with Crippen LogP contribution < -0.4 is 11.1 Å². The summed E-state index contributed by atoms with van der Waals surface area (Å²) in [6.07, 6.45) is 8.75. The molecule has 3 aliphatic rings. The van der Waals surface area contributed by atoms with Crippen molar-refractivity contribution >= 4 is 62.6 Å². The van der Waals surface area contributed by atoms with Gasteiger partial charge in [-0.2, -0.15) is 0 Å². The van der Waals surface area contributed by atoms with Crippen LogP contribution in [0.3, 0.4) is 0 Å². The second-order valence-corrected chi connectivity index (χ2v) is 18.4. The second kappa shape index (κ2) is 22.8. The number of benzene rings is 6. The SMILES string of the molecule is C.CN.CN=Cc1ccc(-c2[nH]c3cc(F)cc4c3c2CCCC4=O)cc1.CNCc1ccc(-c2[nH]c3cc(F)cc4c3c2CCCC4=O)cc1.O=Cc1ccc(-c2[nH]c3cc(F)cc4c3c2CCCC4=O)cc1. The molecule has 13 heteroatoms. The summed E-state index contributed by atoms with van der Waals surface area (Å²) in [6.45, 7) is 0.823. The smallest absolute Gasteiger partial charge is 0.163 e. The Morgan fingerprint density at radius 2 is 0.865 bits per heavy atom. The number of Topliss-reactive ketones (excluding diaryl/α,β-unsaturated/α-hetero) is 3. The van der Waals surface area contributed by atoms with Crippen LogP contribution in [0.4, 0.5) is 13.2 Å². The van der Waals surface area contributed by atoms with Gasteiger partial charge in [0.25, 0.3) is 0 Å². The molecular formula is C61H59F3N6O4. The fourth-order valence-corrected chi connectivity index (χ4v) is 10.5. The van der Waals surface area contributed by atoms with Gasteiger partial charge in [0.05, 0.1) is 0 Å². The van der Waals surface area contributed by atoms with E-state index in [9.17, 15) is 32.3 Å². The number of carbonyl (C=O) groups is 4. The minimum absolute atomic E-state index is 0. The van der Waals surface area contributed by atoms with Gasteiger partial charge < -0.3 is 26.0 Å². The van der Waals surface area contributed by atoms with Crippen LogP contribution in [0, 0.1) is 17.5 Å². The highest BCUT2D eigenvalue weighted by Crippen LogP contribution is 2.40. The minimum atomic E-state index is -0.404. The fourth-order valence-electron chi connectivity index (χ4n) is 10.5. The maximum Gasteiger partial charge on any atom is 0.163 e. The number of halogens is 3. The van der Waals surface area contributed by atoms with E-state index in [1.807, 2.05) is 43.4 Å². The summed E-state index contributed by atoms with van der Waals surface area (Å²) in [4.78, 5) is 61.6. The summed E-state index contributed by atoms with van der Waals surface area (Å²) in [7, 11) is 5.17. The van der Waals surface area contributed by atoms with Gasteiger partial charge in [0.1, 0.15) is 23.7 Å². The molecule has 0 atom stereocenters. The number of hydrogen-bond donors (Lipinski definition) is 5. The summed E-state index contributed by atoms with van der Waals surface area (Å²) in [5.74, 6) is -1.09. The number of aryl methyl sites for hydroxylation is 3. The number of carbonyl (C=O) groups excluding carboxylic acids is 4. The van der Waals surface area contributed by atoms with E-state index < -0.39 is 5.82 Å². The molecule has 6 N–H and O–H groups in total. The van der Waals surface area contributed by atoms with Crippen molar-refractivity contribution in [2.75, 3.05) is 21.1 Å². The van der Waals surface area contributed by atoms with E-state index in [0.717, 1.165) is 124 Å². The zero-order valence-corrected chi connectivity index (χ0v) is 40.9. The van der Waals surface area contributed by atoms with E-state index in [-0.39, 0.29) is 36.4 Å². The Labute approximate surface area is 427 Å². The highest BCUT2D eigenvalue weighted by molar-refractivity contribution is 6.13. The van der Waals surface area contributed by atoms with E-state index in [4.69, 9.17) is 0 Å². The highest BCUT2D eigenvalue weighted by atomic mass is 19.1. The summed E-state index contributed by atoms with van der Waals surface area (Å²) in [6, 6.07) is 32.1. The lowest BCUT2D eigenvalue weighted by atomic mass is 9.99. The summed E-state index contributed by atoms with van der Waals surface area (Å²) in [5, 5.41) is 5.75. The third kappa shape index (κ3) is 10.4. The maximum atomic E-state index is 13.9. The Balaban J connectivity index is 0.000000144. The van der Waals surface area contributed by atoms with E-state index in [1.165, 1.54) is 49.0 Å². The standard InChI is InChI=1S/C20H19FN2O.C20H17FN2O.C19H14FNO2.CH5N.CH4/c2*1-22-11-12-5-7-13(8-6-12)20-15-3-2-4-18(24)16-9-14(21)10-17(23-20)19(15)16;20-13-8-15-17(23)3-1-2-14-18(15)16(9-13)21-19(14)12-6-4-11(10-22)5-7-12;1-2;/h5-10,22-23H,2-4,11H2,1H3;5-11,23H,2-4H2,1H3;4-10,21H,1-3H2;2H2,1H3;1H4. The van der Waals surface area contributed by atoms with Gasteiger partial charge in [-0.3, -0.25) is 24.2 Å². The molecule has 6 aromatic carbocycles. The van der Waals surface area contributed by atoms with Crippen molar-refractivity contribution in [1.82, 2.24) is 20.3 Å². The Kier molecular flexibility index (Phi) is 16.1. The van der Waals surface area contributed by atoms with Gasteiger partial charge in [-0.25, -0.2) is 13.2 Å². The topological polar surface area (TPSA) is 166 Å². The summed E-state index contributed by atoms with van der Waals surface area (Å²) >= 11 is 0. The second-order valence-electron chi connectivity index (χ2n) is 18.4. The molecule has 0 saturated heterocycles. The van der Waals surface area contributed by atoms with Gasteiger partial charge in [-0.05, 0) is 134 Å². The van der Waals surface area contributed by atoms with Crippen molar-refractivity contribution < 1.29 is 32.3 Å². The molecule has 74 heavy (non-hydrogen) atoms. The number of nitrogens with two attached hydrogens (primary N) is 1. The van der Waals surface area contributed by atoms with Crippen molar-refractivity contribution in [3.63, 3.8) is 0 Å². The number of aldehydes is 1. The fraction of sp³-hybridized carbons (Fsp3) is 0.230. The van der Waals surface area contributed by atoms with Gasteiger partial charge in [-0.15, -0.1) is 0 Å². The lowest BCUT2D eigenvalue weighted by Crippen LogP contribution is -2.04. The molecule has 12 rings (SSSR count). The van der Waals surface area contributed by atoms with Gasteiger partial charge >= 0.3 is 0 Å². The first kappa shape index (κ1) is 52.3. The number of nitrogens with zero attached hydrogens (tertiary/aromatic N) is 1. The molecule has 0 radical (unpaired) electrons. The molecule has 0 unspecified atom stereocenters. The monoisotopic (exact) mass is 996 g/mol. The van der Waals surface area contributed by atoms with E-state index in [2.05, 4.69) is 55.3 Å². The number of ketones is 3. The van der Waals surface area contributed by atoms with Crippen LogP contribution in [0.15, 0.2) is 114 Å². The average Bonchev–Trinajstić information content (AvgIpc) is 3.95. The largest absolute Gasteiger partial charge is 0.354 e. The number of aromatic amines is 3. The van der Waals surface area contributed by atoms with Gasteiger partial charge in [0.15, 0.2) is 17.3 Å². The van der Waals surface area contributed by atoms with Gasteiger partial charge in [0, 0.05) is 111 Å². The molecule has 3 aliphatic carbocycles. The first-order valence-corrected chi connectivity index (χ1v) is 24.5. The molecule has 0 saturated carbocycles. The van der Waals surface area contributed by atoms with E-state index in [0.29, 0.717) is 58.1 Å². The molecule has 378 valence electrons. The predicted octanol–water partition coefficient (Wildman–Crippen LogP) is 13.3. The quantitative estimate of drug-likeness (QED) is 0.0787. The van der Waals surface area contributed by atoms with Gasteiger partial charge in [-0.1, -0.05) is 80.2 Å². The summed E-state index contributed by atoms with van der Waals surface area (Å²) in [5.41, 5.74) is 20.1. The normalized spacial score (nSPS) is 13.7.